The molecule has 0 saturated carbocycles. The van der Waals surface area contributed by atoms with Gasteiger partial charge >= 0.3 is 0 Å². The Morgan fingerprint density at radius 1 is 1.28 bits per heavy atom. The first-order valence-corrected chi connectivity index (χ1v) is 9.47. The van der Waals surface area contributed by atoms with Crippen molar-refractivity contribution in [2.45, 2.75) is 20.0 Å². The van der Waals surface area contributed by atoms with Crippen molar-refractivity contribution in [3.05, 3.63) is 70.9 Å². The molecule has 1 aliphatic rings. The number of ether oxygens (including phenoxy) is 1. The van der Waals surface area contributed by atoms with Crippen LogP contribution < -0.4 is 21.5 Å². The zero-order valence-corrected chi connectivity index (χ0v) is 16.2. The first kappa shape index (κ1) is 18.9. The second-order valence-corrected chi connectivity index (χ2v) is 6.79. The molecule has 3 heterocycles. The van der Waals surface area contributed by atoms with Crippen LogP contribution in [0.2, 0.25) is 0 Å². The zero-order chi connectivity index (χ0) is 20.4. The van der Waals surface area contributed by atoms with Crippen molar-refractivity contribution in [3.8, 4) is 11.4 Å². The third kappa shape index (κ3) is 3.66. The summed E-state index contributed by atoms with van der Waals surface area (Å²) in [6.07, 6.45) is 4.01. The Labute approximate surface area is 168 Å². The summed E-state index contributed by atoms with van der Waals surface area (Å²) >= 11 is 0. The highest BCUT2D eigenvalue weighted by molar-refractivity contribution is 5.70. The average Bonchev–Trinajstić information content (AvgIpc) is 3.17. The maximum atomic E-state index is 13.9. The van der Waals surface area contributed by atoms with E-state index in [-0.39, 0.29) is 18.2 Å². The summed E-state index contributed by atoms with van der Waals surface area (Å²) in [7, 11) is 0. The molecule has 3 aromatic rings. The summed E-state index contributed by atoms with van der Waals surface area (Å²) in [4.78, 5) is 4.28. The Morgan fingerprint density at radius 3 is 2.93 bits per heavy atom. The van der Waals surface area contributed by atoms with E-state index in [1.165, 1.54) is 12.1 Å². The quantitative estimate of drug-likeness (QED) is 0.630. The number of nitrogens with zero attached hydrogens (tertiary/aromatic N) is 3. The van der Waals surface area contributed by atoms with Crippen molar-refractivity contribution in [2.24, 2.45) is 5.73 Å². The molecule has 1 aromatic carbocycles. The minimum absolute atomic E-state index is 0.131. The van der Waals surface area contributed by atoms with Crippen LogP contribution >= 0.6 is 0 Å². The van der Waals surface area contributed by atoms with Crippen LogP contribution in [-0.4, -0.2) is 27.9 Å². The summed E-state index contributed by atoms with van der Waals surface area (Å²) < 4.78 is 21.7. The van der Waals surface area contributed by atoms with E-state index in [0.29, 0.717) is 24.3 Å². The number of pyridine rings is 1. The van der Waals surface area contributed by atoms with Crippen LogP contribution in [0.1, 0.15) is 23.7 Å². The van der Waals surface area contributed by atoms with Gasteiger partial charge in [0.1, 0.15) is 12.4 Å². The molecule has 0 radical (unpaired) electrons. The van der Waals surface area contributed by atoms with Crippen LogP contribution in [-0.2, 0) is 13.0 Å². The Kier molecular flexibility index (Phi) is 5.18. The fourth-order valence-corrected chi connectivity index (χ4v) is 3.51. The van der Waals surface area contributed by atoms with E-state index in [2.05, 4.69) is 15.4 Å². The van der Waals surface area contributed by atoms with Gasteiger partial charge in [-0.25, -0.2) is 14.1 Å². The summed E-state index contributed by atoms with van der Waals surface area (Å²) in [5.41, 5.74) is 17.2. The molecule has 0 fully saturated rings. The summed E-state index contributed by atoms with van der Waals surface area (Å²) in [6.45, 7) is 3.23. The van der Waals surface area contributed by atoms with Gasteiger partial charge in [-0.05, 0) is 42.8 Å². The Morgan fingerprint density at radius 2 is 2.14 bits per heavy atom. The van der Waals surface area contributed by atoms with Gasteiger partial charge in [-0.1, -0.05) is 0 Å². The number of nitrogen functional groups attached to an aromatic ring is 1. The molecule has 4 rings (SSSR count). The van der Waals surface area contributed by atoms with Gasteiger partial charge in [0.15, 0.2) is 11.6 Å². The lowest BCUT2D eigenvalue weighted by Gasteiger charge is -2.20. The first-order valence-electron chi connectivity index (χ1n) is 9.47. The molecule has 29 heavy (non-hydrogen) atoms. The molecule has 0 amide bonds. The van der Waals surface area contributed by atoms with Gasteiger partial charge in [-0.15, -0.1) is 0 Å². The fraction of sp³-hybridized carbons (Fsp3) is 0.238. The lowest BCUT2D eigenvalue weighted by molar-refractivity contribution is 0.305. The maximum absolute atomic E-state index is 13.9. The van der Waals surface area contributed by atoms with Crippen molar-refractivity contribution in [3.63, 3.8) is 0 Å². The number of hydrogen-bond acceptors (Lipinski definition) is 6. The highest BCUT2D eigenvalue weighted by Gasteiger charge is 2.18. The van der Waals surface area contributed by atoms with E-state index in [1.807, 2.05) is 19.1 Å². The Bertz CT molecular complexity index is 1070. The van der Waals surface area contributed by atoms with E-state index >= 15 is 0 Å². The number of nitrogens with one attached hydrogen (secondary N) is 1. The average molecular weight is 394 g/mol. The van der Waals surface area contributed by atoms with E-state index in [4.69, 9.17) is 16.2 Å². The standard InChI is InChI=1S/C21H23FN6O/c1-2-25-20-13(10-23)8-17-5-6-27-28(17)18-4-3-16(22)7-15(18)12-29-19-9-14(20)11-26-21(19)24/h3-7,9,11,25H,2,8,10,12,23H2,1H3,(H2,24,26)/b20-13-. The number of aromatic nitrogens is 3. The van der Waals surface area contributed by atoms with Crippen molar-refractivity contribution < 1.29 is 9.13 Å². The minimum atomic E-state index is -0.343. The number of benzene rings is 1. The lowest BCUT2D eigenvalue weighted by atomic mass is 10.0. The van der Waals surface area contributed by atoms with Gasteiger partial charge in [0.2, 0.25) is 0 Å². The SMILES string of the molecule is CCN/C1=C(\CN)Cc2ccnn2-c2ccc(F)cc2COc2cc1cnc2N. The third-order valence-electron chi connectivity index (χ3n) is 4.89. The van der Waals surface area contributed by atoms with Crippen molar-refractivity contribution in [2.75, 3.05) is 18.8 Å². The van der Waals surface area contributed by atoms with Crippen LogP contribution in [0.5, 0.6) is 5.75 Å². The van der Waals surface area contributed by atoms with Gasteiger partial charge in [-0.2, -0.15) is 5.10 Å². The predicted octanol–water partition coefficient (Wildman–Crippen LogP) is 2.40. The summed E-state index contributed by atoms with van der Waals surface area (Å²) in [6, 6.07) is 8.34. The molecular formula is C21H23FN6O. The molecule has 150 valence electrons. The second-order valence-electron chi connectivity index (χ2n) is 6.79. The van der Waals surface area contributed by atoms with Crippen molar-refractivity contribution >= 4 is 11.5 Å². The van der Waals surface area contributed by atoms with Crippen molar-refractivity contribution in [1.82, 2.24) is 20.1 Å². The van der Waals surface area contributed by atoms with Gasteiger partial charge in [0.25, 0.3) is 0 Å². The molecule has 7 nitrogen and oxygen atoms in total. The molecule has 0 saturated heterocycles. The molecule has 1 aliphatic heterocycles. The highest BCUT2D eigenvalue weighted by atomic mass is 19.1. The van der Waals surface area contributed by atoms with Crippen molar-refractivity contribution in [1.29, 1.82) is 0 Å². The van der Waals surface area contributed by atoms with E-state index in [9.17, 15) is 4.39 Å². The summed E-state index contributed by atoms with van der Waals surface area (Å²) in [5, 5.41) is 7.86. The van der Waals surface area contributed by atoms with Gasteiger partial charge < -0.3 is 21.5 Å². The molecule has 5 N–H and O–H groups in total. The molecule has 0 unspecified atom stereocenters. The van der Waals surface area contributed by atoms with Gasteiger partial charge in [0, 0.05) is 54.4 Å². The number of rotatable bonds is 3. The third-order valence-corrected chi connectivity index (χ3v) is 4.89. The van der Waals surface area contributed by atoms with Crippen LogP contribution in [0.4, 0.5) is 10.2 Å². The van der Waals surface area contributed by atoms with E-state index in [1.54, 1.807) is 23.1 Å². The van der Waals surface area contributed by atoms with Crippen LogP contribution in [0.3, 0.4) is 0 Å². The van der Waals surface area contributed by atoms with Gasteiger partial charge in [-0.3, -0.25) is 0 Å². The van der Waals surface area contributed by atoms with Crippen LogP contribution in [0, 0.1) is 5.82 Å². The largest absolute Gasteiger partial charge is 0.485 e. The number of halogens is 1. The van der Waals surface area contributed by atoms with E-state index in [0.717, 1.165) is 34.8 Å². The summed E-state index contributed by atoms with van der Waals surface area (Å²) in [5.74, 6) is 0.365. The monoisotopic (exact) mass is 394 g/mol. The minimum Gasteiger partial charge on any atom is -0.485 e. The molecular weight excluding hydrogens is 371 g/mol. The Balaban J connectivity index is 1.95. The van der Waals surface area contributed by atoms with E-state index < -0.39 is 0 Å². The molecule has 0 atom stereocenters. The topological polar surface area (TPSA) is 104 Å². The maximum Gasteiger partial charge on any atom is 0.166 e. The molecule has 2 bridgehead atoms. The molecule has 0 aliphatic carbocycles. The number of anilines is 1. The predicted molar refractivity (Wildman–Crippen MR) is 110 cm³/mol. The normalized spacial score (nSPS) is 16.1. The Hall–Kier alpha value is -3.39. The zero-order valence-electron chi connectivity index (χ0n) is 16.2. The molecule has 8 heteroatoms. The highest BCUT2D eigenvalue weighted by Crippen LogP contribution is 2.29. The van der Waals surface area contributed by atoms with Gasteiger partial charge in [0.05, 0.1) is 5.69 Å². The number of fused-ring (bicyclic) bond motifs is 5. The fourth-order valence-electron chi connectivity index (χ4n) is 3.51. The van der Waals surface area contributed by atoms with Crippen LogP contribution in [0.15, 0.2) is 48.3 Å². The lowest BCUT2D eigenvalue weighted by Crippen LogP contribution is -2.20. The smallest absolute Gasteiger partial charge is 0.166 e. The second kappa shape index (κ2) is 7.92. The number of nitrogens with two attached hydrogens (primary N) is 2. The first-order chi connectivity index (χ1) is 14.1. The molecule has 0 spiro atoms. The molecule has 2 aromatic heterocycles. The number of hydrogen-bond donors (Lipinski definition) is 3. The van der Waals surface area contributed by atoms with Crippen LogP contribution in [0.25, 0.3) is 11.4 Å².